The first-order valence-electron chi connectivity index (χ1n) is 5.44. The number of benzene rings is 1. The third-order valence-electron chi connectivity index (χ3n) is 2.32. The van der Waals surface area contributed by atoms with E-state index in [1.54, 1.807) is 0 Å². The number of amides is 1. The largest absolute Gasteiger partial charge is 0.350 e. The molecule has 1 aromatic carbocycles. The van der Waals surface area contributed by atoms with Crippen molar-refractivity contribution in [2.45, 2.75) is 13.1 Å². The second-order valence-corrected chi connectivity index (χ2v) is 3.72. The average Bonchev–Trinajstić information content (AvgIpc) is 2.85. The van der Waals surface area contributed by atoms with Gasteiger partial charge in [0.2, 0.25) is 5.91 Å². The highest BCUT2D eigenvalue weighted by atomic mass is 16.2. The summed E-state index contributed by atoms with van der Waals surface area (Å²) in [6, 6.07) is 9.60. The SMILES string of the molecule is O=Cc1cn(CC(=O)NCc2ccccc2)nn1. The fourth-order valence-corrected chi connectivity index (χ4v) is 1.44. The first-order valence-corrected chi connectivity index (χ1v) is 5.44. The molecule has 2 rings (SSSR count). The molecule has 0 spiro atoms. The molecule has 6 nitrogen and oxygen atoms in total. The van der Waals surface area contributed by atoms with Gasteiger partial charge in [-0.3, -0.25) is 9.59 Å². The lowest BCUT2D eigenvalue weighted by molar-refractivity contribution is -0.122. The first-order chi connectivity index (χ1) is 8.78. The van der Waals surface area contributed by atoms with Crippen molar-refractivity contribution in [3.05, 3.63) is 47.8 Å². The molecule has 0 saturated carbocycles. The Kier molecular flexibility index (Phi) is 3.80. The van der Waals surface area contributed by atoms with E-state index in [1.165, 1.54) is 10.9 Å². The topological polar surface area (TPSA) is 76.9 Å². The third kappa shape index (κ3) is 3.24. The van der Waals surface area contributed by atoms with Gasteiger partial charge in [0.25, 0.3) is 0 Å². The predicted octanol–water partition coefficient (Wildman–Crippen LogP) is 0.407. The summed E-state index contributed by atoms with van der Waals surface area (Å²) >= 11 is 0. The van der Waals surface area contributed by atoms with Gasteiger partial charge in [0.05, 0.1) is 6.20 Å². The lowest BCUT2D eigenvalue weighted by atomic mass is 10.2. The van der Waals surface area contributed by atoms with Crippen LogP contribution >= 0.6 is 0 Å². The van der Waals surface area contributed by atoms with Crippen LogP contribution in [0.3, 0.4) is 0 Å². The fraction of sp³-hybridized carbons (Fsp3) is 0.167. The van der Waals surface area contributed by atoms with E-state index in [2.05, 4.69) is 15.6 Å². The van der Waals surface area contributed by atoms with E-state index in [-0.39, 0.29) is 18.1 Å². The Morgan fingerprint density at radius 3 is 2.78 bits per heavy atom. The summed E-state index contributed by atoms with van der Waals surface area (Å²) in [6.07, 6.45) is 2.01. The lowest BCUT2D eigenvalue weighted by Gasteiger charge is -2.04. The van der Waals surface area contributed by atoms with Gasteiger partial charge in [0.1, 0.15) is 12.2 Å². The van der Waals surface area contributed by atoms with Gasteiger partial charge < -0.3 is 5.32 Å². The van der Waals surface area contributed by atoms with Crippen LogP contribution in [0.5, 0.6) is 0 Å². The number of carbonyl (C=O) groups is 2. The van der Waals surface area contributed by atoms with E-state index < -0.39 is 0 Å². The summed E-state index contributed by atoms with van der Waals surface area (Å²) in [5.41, 5.74) is 1.24. The minimum atomic E-state index is -0.179. The highest BCUT2D eigenvalue weighted by molar-refractivity contribution is 5.76. The standard InChI is InChI=1S/C12H12N4O2/c17-9-11-7-16(15-14-11)8-12(18)13-6-10-4-2-1-3-5-10/h1-5,7,9H,6,8H2,(H,13,18). The zero-order valence-corrected chi connectivity index (χ0v) is 9.61. The van der Waals surface area contributed by atoms with Gasteiger partial charge in [-0.05, 0) is 5.56 Å². The first kappa shape index (κ1) is 12.0. The number of carbonyl (C=O) groups excluding carboxylic acids is 2. The van der Waals surface area contributed by atoms with Crippen LogP contribution in [0, 0.1) is 0 Å². The van der Waals surface area contributed by atoms with Crippen molar-refractivity contribution in [1.82, 2.24) is 20.3 Å². The van der Waals surface area contributed by atoms with Gasteiger partial charge in [-0.25, -0.2) is 4.68 Å². The van der Waals surface area contributed by atoms with Crippen molar-refractivity contribution in [2.24, 2.45) is 0 Å². The molecule has 6 heteroatoms. The highest BCUT2D eigenvalue weighted by Gasteiger charge is 2.05. The van der Waals surface area contributed by atoms with Crippen molar-refractivity contribution in [1.29, 1.82) is 0 Å². The maximum atomic E-state index is 11.6. The second-order valence-electron chi connectivity index (χ2n) is 3.72. The number of aldehydes is 1. The Bertz CT molecular complexity index is 536. The summed E-state index contributed by atoms with van der Waals surface area (Å²) in [7, 11) is 0. The molecule has 1 aromatic heterocycles. The van der Waals surface area contributed by atoms with Gasteiger partial charge in [-0.1, -0.05) is 35.5 Å². The molecule has 0 saturated heterocycles. The minimum Gasteiger partial charge on any atom is -0.350 e. The van der Waals surface area contributed by atoms with Gasteiger partial charge in [-0.2, -0.15) is 0 Å². The Balaban J connectivity index is 1.84. The number of aromatic nitrogens is 3. The molecule has 0 bridgehead atoms. The Labute approximate surface area is 104 Å². The maximum absolute atomic E-state index is 11.6. The van der Waals surface area contributed by atoms with E-state index in [0.717, 1.165) is 5.56 Å². The molecule has 0 aliphatic carbocycles. The van der Waals surface area contributed by atoms with Gasteiger partial charge >= 0.3 is 0 Å². The summed E-state index contributed by atoms with van der Waals surface area (Å²) in [6.45, 7) is 0.516. The molecule has 0 radical (unpaired) electrons. The van der Waals surface area contributed by atoms with E-state index >= 15 is 0 Å². The smallest absolute Gasteiger partial charge is 0.242 e. The zero-order valence-electron chi connectivity index (χ0n) is 9.61. The van der Waals surface area contributed by atoms with Crippen molar-refractivity contribution < 1.29 is 9.59 Å². The highest BCUT2D eigenvalue weighted by Crippen LogP contribution is 1.97. The summed E-state index contributed by atoms with van der Waals surface area (Å²) in [4.78, 5) is 22.0. The molecule has 1 amide bonds. The predicted molar refractivity (Wildman–Crippen MR) is 63.7 cm³/mol. The van der Waals surface area contributed by atoms with Crippen molar-refractivity contribution in [3.63, 3.8) is 0 Å². The molecule has 92 valence electrons. The van der Waals surface area contributed by atoms with Crippen LogP contribution in [-0.4, -0.2) is 27.2 Å². The van der Waals surface area contributed by atoms with E-state index in [4.69, 9.17) is 0 Å². The van der Waals surface area contributed by atoms with Crippen LogP contribution < -0.4 is 5.32 Å². The van der Waals surface area contributed by atoms with E-state index in [9.17, 15) is 9.59 Å². The van der Waals surface area contributed by atoms with Gasteiger partial charge in [0.15, 0.2) is 6.29 Å². The molecule has 0 atom stereocenters. The lowest BCUT2D eigenvalue weighted by Crippen LogP contribution is -2.27. The van der Waals surface area contributed by atoms with Crippen LogP contribution in [0.1, 0.15) is 16.1 Å². The number of nitrogens with zero attached hydrogens (tertiary/aromatic N) is 3. The molecule has 18 heavy (non-hydrogen) atoms. The van der Waals surface area contributed by atoms with E-state index in [0.29, 0.717) is 12.8 Å². The molecule has 1 N–H and O–H groups in total. The Hall–Kier alpha value is -2.50. The zero-order chi connectivity index (χ0) is 12.8. The van der Waals surface area contributed by atoms with Crippen molar-refractivity contribution in [3.8, 4) is 0 Å². The van der Waals surface area contributed by atoms with E-state index in [1.807, 2.05) is 30.3 Å². The minimum absolute atomic E-state index is 0.0493. The second kappa shape index (κ2) is 5.72. The summed E-state index contributed by atoms with van der Waals surface area (Å²) < 4.78 is 1.32. The van der Waals surface area contributed by atoms with Crippen molar-refractivity contribution in [2.75, 3.05) is 0 Å². The number of rotatable bonds is 5. The molecule has 0 aliphatic rings. The number of nitrogens with one attached hydrogen (secondary N) is 1. The quantitative estimate of drug-likeness (QED) is 0.773. The number of hydrogen-bond donors (Lipinski definition) is 1. The van der Waals surface area contributed by atoms with Gasteiger partial charge in [0, 0.05) is 6.54 Å². The van der Waals surface area contributed by atoms with Crippen LogP contribution in [-0.2, 0) is 17.9 Å². The maximum Gasteiger partial charge on any atom is 0.242 e. The molecule has 2 aromatic rings. The molecule has 0 aliphatic heterocycles. The monoisotopic (exact) mass is 244 g/mol. The number of hydrogen-bond acceptors (Lipinski definition) is 4. The van der Waals surface area contributed by atoms with Crippen molar-refractivity contribution >= 4 is 12.2 Å². The van der Waals surface area contributed by atoms with Crippen LogP contribution in [0.25, 0.3) is 0 Å². The third-order valence-corrected chi connectivity index (χ3v) is 2.32. The van der Waals surface area contributed by atoms with Crippen LogP contribution in [0.2, 0.25) is 0 Å². The molecule has 0 fully saturated rings. The van der Waals surface area contributed by atoms with Crippen LogP contribution in [0.4, 0.5) is 0 Å². The summed E-state index contributed by atoms with van der Waals surface area (Å²) in [5.74, 6) is -0.179. The molecule has 0 unspecified atom stereocenters. The average molecular weight is 244 g/mol. The van der Waals surface area contributed by atoms with Gasteiger partial charge in [-0.15, -0.1) is 5.10 Å². The Morgan fingerprint density at radius 2 is 2.11 bits per heavy atom. The normalized spacial score (nSPS) is 10.0. The fourth-order valence-electron chi connectivity index (χ4n) is 1.44. The molecular formula is C12H12N4O2. The molecular weight excluding hydrogens is 232 g/mol. The summed E-state index contributed by atoms with van der Waals surface area (Å²) in [5, 5.41) is 9.99. The Morgan fingerprint density at radius 1 is 1.33 bits per heavy atom. The molecule has 1 heterocycles. The van der Waals surface area contributed by atoms with Crippen LogP contribution in [0.15, 0.2) is 36.5 Å².